The Morgan fingerprint density at radius 2 is 2.06 bits per heavy atom. The summed E-state index contributed by atoms with van der Waals surface area (Å²) < 4.78 is 2.23. The number of carbonyl (C=O) groups excluding carboxylic acids is 1. The summed E-state index contributed by atoms with van der Waals surface area (Å²) in [5.41, 5.74) is 2.27. The summed E-state index contributed by atoms with van der Waals surface area (Å²) in [6.07, 6.45) is 8.74. The minimum atomic E-state index is 0.203. The lowest BCUT2D eigenvalue weighted by atomic mass is 9.86. The summed E-state index contributed by atoms with van der Waals surface area (Å²) in [6, 6.07) is 0. The minimum absolute atomic E-state index is 0.203. The van der Waals surface area contributed by atoms with E-state index in [0.29, 0.717) is 5.78 Å². The molecule has 1 atom stereocenters. The van der Waals surface area contributed by atoms with E-state index in [9.17, 15) is 4.79 Å². The van der Waals surface area contributed by atoms with Gasteiger partial charge < -0.3 is 4.57 Å². The van der Waals surface area contributed by atoms with E-state index >= 15 is 0 Å². The van der Waals surface area contributed by atoms with Crippen molar-refractivity contribution in [2.24, 2.45) is 13.0 Å². The van der Waals surface area contributed by atoms with Gasteiger partial charge in [-0.3, -0.25) is 4.79 Å². The molecule has 0 bridgehead atoms. The van der Waals surface area contributed by atoms with Gasteiger partial charge in [-0.2, -0.15) is 0 Å². The van der Waals surface area contributed by atoms with E-state index in [2.05, 4.69) is 30.7 Å². The van der Waals surface area contributed by atoms with Crippen molar-refractivity contribution in [3.05, 3.63) is 21.8 Å². The number of rotatable bonds is 0. The van der Waals surface area contributed by atoms with Gasteiger partial charge in [-0.25, -0.2) is 0 Å². The number of Topliss-reactive ketones (excluding diaryl/α,β-unsaturated/α-hetero) is 1. The number of nitrogens with zero attached hydrogens (tertiary/aromatic N) is 1. The van der Waals surface area contributed by atoms with Crippen LogP contribution in [0.4, 0.5) is 0 Å². The monoisotopic (exact) mass is 215 g/mol. The van der Waals surface area contributed by atoms with E-state index in [0.717, 1.165) is 31.2 Å². The van der Waals surface area contributed by atoms with Crippen LogP contribution in [-0.4, -0.2) is 10.4 Å². The molecular weight excluding hydrogens is 198 g/mol. The van der Waals surface area contributed by atoms with E-state index in [1.165, 1.54) is 16.3 Å². The van der Waals surface area contributed by atoms with Gasteiger partial charge in [0.2, 0.25) is 0 Å². The Kier molecular flexibility index (Phi) is 2.06. The van der Waals surface area contributed by atoms with E-state index in [4.69, 9.17) is 0 Å². The first-order valence-electron chi connectivity index (χ1n) is 6.12. The van der Waals surface area contributed by atoms with Gasteiger partial charge in [-0.05, 0) is 25.7 Å². The van der Waals surface area contributed by atoms with Gasteiger partial charge in [0, 0.05) is 34.8 Å². The summed E-state index contributed by atoms with van der Waals surface area (Å²) in [7, 11) is 2.09. The molecule has 2 aliphatic rings. The SMILES string of the molecule is CC1CCc2c(c3c(n2C)=CCCC=3)C1=O. The van der Waals surface area contributed by atoms with Gasteiger partial charge in [0.15, 0.2) is 5.78 Å². The molecule has 0 N–H and O–H groups in total. The van der Waals surface area contributed by atoms with Crippen LogP contribution in [0.2, 0.25) is 0 Å². The van der Waals surface area contributed by atoms with Crippen LogP contribution in [0, 0.1) is 5.92 Å². The van der Waals surface area contributed by atoms with Gasteiger partial charge >= 0.3 is 0 Å². The Labute approximate surface area is 95.3 Å². The third kappa shape index (κ3) is 1.16. The molecule has 3 rings (SSSR count). The first-order valence-corrected chi connectivity index (χ1v) is 6.12. The molecule has 0 amide bonds. The summed E-state index contributed by atoms with van der Waals surface area (Å²) in [6.45, 7) is 2.05. The number of aromatic nitrogens is 1. The highest BCUT2D eigenvalue weighted by Crippen LogP contribution is 2.22. The number of hydrogen-bond acceptors (Lipinski definition) is 1. The number of hydrogen-bond donors (Lipinski definition) is 0. The van der Waals surface area contributed by atoms with Crippen molar-refractivity contribution in [2.45, 2.75) is 32.6 Å². The zero-order valence-electron chi connectivity index (χ0n) is 9.92. The molecule has 84 valence electrons. The van der Waals surface area contributed by atoms with Crippen molar-refractivity contribution >= 4 is 17.9 Å². The van der Waals surface area contributed by atoms with Crippen LogP contribution in [-0.2, 0) is 13.5 Å². The largest absolute Gasteiger partial charge is 0.347 e. The van der Waals surface area contributed by atoms with E-state index in [1.807, 2.05) is 0 Å². The van der Waals surface area contributed by atoms with Crippen LogP contribution in [0.25, 0.3) is 12.2 Å². The molecule has 0 radical (unpaired) electrons. The molecule has 2 aliphatic carbocycles. The van der Waals surface area contributed by atoms with E-state index in [-0.39, 0.29) is 5.92 Å². The zero-order valence-corrected chi connectivity index (χ0v) is 9.92. The van der Waals surface area contributed by atoms with Crippen molar-refractivity contribution in [1.82, 2.24) is 4.57 Å². The van der Waals surface area contributed by atoms with Crippen LogP contribution >= 0.6 is 0 Å². The fraction of sp³-hybridized carbons (Fsp3) is 0.500. The average Bonchev–Trinajstić information content (AvgIpc) is 2.59. The minimum Gasteiger partial charge on any atom is -0.347 e. The first kappa shape index (κ1) is 9.88. The molecule has 1 heterocycles. The third-order valence-corrected chi connectivity index (χ3v) is 3.96. The smallest absolute Gasteiger partial charge is 0.168 e. The molecule has 0 saturated carbocycles. The second kappa shape index (κ2) is 3.34. The van der Waals surface area contributed by atoms with Gasteiger partial charge in [0.1, 0.15) is 0 Å². The van der Waals surface area contributed by atoms with Gasteiger partial charge in [0.05, 0.1) is 0 Å². The van der Waals surface area contributed by atoms with E-state index < -0.39 is 0 Å². The van der Waals surface area contributed by atoms with Crippen molar-refractivity contribution in [2.75, 3.05) is 0 Å². The number of fused-ring (bicyclic) bond motifs is 3. The van der Waals surface area contributed by atoms with Crippen LogP contribution in [0.5, 0.6) is 0 Å². The highest BCUT2D eigenvalue weighted by Gasteiger charge is 2.28. The highest BCUT2D eigenvalue weighted by atomic mass is 16.1. The van der Waals surface area contributed by atoms with Crippen LogP contribution in [0.1, 0.15) is 42.2 Å². The lowest BCUT2D eigenvalue weighted by molar-refractivity contribution is 0.0912. The summed E-state index contributed by atoms with van der Waals surface area (Å²) in [5.74, 6) is 0.555. The molecule has 1 aromatic heterocycles. The maximum Gasteiger partial charge on any atom is 0.168 e. The molecule has 2 heteroatoms. The normalized spacial score (nSPS) is 23.1. The summed E-state index contributed by atoms with van der Waals surface area (Å²) in [5, 5.41) is 2.47. The van der Waals surface area contributed by atoms with Crippen molar-refractivity contribution in [3.8, 4) is 0 Å². The number of ketones is 1. The van der Waals surface area contributed by atoms with Crippen molar-refractivity contribution < 1.29 is 4.79 Å². The Hall–Kier alpha value is -1.31. The molecule has 0 aromatic carbocycles. The molecule has 0 fully saturated rings. The predicted molar refractivity (Wildman–Crippen MR) is 64.6 cm³/mol. The maximum absolute atomic E-state index is 12.3. The maximum atomic E-state index is 12.3. The molecule has 1 aromatic rings. The standard InChI is InChI=1S/C14H17NO/c1-9-7-8-12-13(14(9)16)10-5-3-4-6-11(10)15(12)2/h5-6,9H,3-4,7-8H2,1-2H3. The fourth-order valence-corrected chi connectivity index (χ4v) is 2.98. The third-order valence-electron chi connectivity index (χ3n) is 3.96. The van der Waals surface area contributed by atoms with Crippen LogP contribution in [0.3, 0.4) is 0 Å². The summed E-state index contributed by atoms with van der Waals surface area (Å²) in [4.78, 5) is 12.3. The molecular formula is C14H17NO. The van der Waals surface area contributed by atoms with Crippen LogP contribution < -0.4 is 10.6 Å². The first-order chi connectivity index (χ1) is 7.70. The van der Waals surface area contributed by atoms with Gasteiger partial charge in [-0.15, -0.1) is 0 Å². The van der Waals surface area contributed by atoms with Gasteiger partial charge in [-0.1, -0.05) is 19.1 Å². The lowest BCUT2D eigenvalue weighted by Crippen LogP contribution is -2.32. The average molecular weight is 215 g/mol. The molecule has 2 nitrogen and oxygen atoms in total. The van der Waals surface area contributed by atoms with Crippen molar-refractivity contribution in [1.29, 1.82) is 0 Å². The molecule has 16 heavy (non-hydrogen) atoms. The second-order valence-corrected chi connectivity index (χ2v) is 4.97. The van der Waals surface area contributed by atoms with Crippen molar-refractivity contribution in [3.63, 3.8) is 0 Å². The molecule has 0 saturated heterocycles. The Morgan fingerprint density at radius 3 is 2.88 bits per heavy atom. The fourth-order valence-electron chi connectivity index (χ4n) is 2.98. The molecule has 0 aliphatic heterocycles. The lowest BCUT2D eigenvalue weighted by Gasteiger charge is -2.18. The topological polar surface area (TPSA) is 22.0 Å². The second-order valence-electron chi connectivity index (χ2n) is 4.97. The van der Waals surface area contributed by atoms with Crippen LogP contribution in [0.15, 0.2) is 0 Å². The summed E-state index contributed by atoms with van der Waals surface area (Å²) >= 11 is 0. The van der Waals surface area contributed by atoms with E-state index in [1.54, 1.807) is 0 Å². The zero-order chi connectivity index (χ0) is 11.3. The Bertz CT molecular complexity index is 577. The predicted octanol–water partition coefficient (Wildman–Crippen LogP) is 1.14. The quantitative estimate of drug-likeness (QED) is 0.636. The molecule has 1 unspecified atom stereocenters. The number of carbonyl (C=O) groups is 1. The Balaban J connectivity index is 2.40. The Morgan fingerprint density at radius 1 is 1.31 bits per heavy atom. The highest BCUT2D eigenvalue weighted by molar-refractivity contribution is 6.00. The van der Waals surface area contributed by atoms with Gasteiger partial charge in [0.25, 0.3) is 0 Å². The molecule has 0 spiro atoms.